The van der Waals surface area contributed by atoms with Crippen LogP contribution in [0.3, 0.4) is 0 Å². The largest absolute Gasteiger partial charge is 0.348 e. The molecule has 0 spiro atoms. The monoisotopic (exact) mass is 432 g/mol. The lowest BCUT2D eigenvalue weighted by molar-refractivity contribution is -0.122. The zero-order chi connectivity index (χ0) is 21.4. The van der Waals surface area contributed by atoms with Crippen LogP contribution in [0, 0.1) is 11.6 Å². The summed E-state index contributed by atoms with van der Waals surface area (Å²) >= 11 is 5.94. The van der Waals surface area contributed by atoms with Gasteiger partial charge in [0, 0.05) is 22.7 Å². The van der Waals surface area contributed by atoms with E-state index < -0.39 is 23.6 Å². The zero-order valence-corrected chi connectivity index (χ0v) is 16.9. The van der Waals surface area contributed by atoms with Crippen LogP contribution in [0.15, 0.2) is 47.3 Å². The lowest BCUT2D eigenvalue weighted by Gasteiger charge is -2.14. The van der Waals surface area contributed by atoms with E-state index in [0.717, 1.165) is 41.3 Å². The van der Waals surface area contributed by atoms with Crippen molar-refractivity contribution in [2.24, 2.45) is 0 Å². The number of halogens is 3. The molecule has 0 saturated heterocycles. The molecule has 1 N–H and O–H groups in total. The van der Waals surface area contributed by atoms with Gasteiger partial charge in [0.15, 0.2) is 5.82 Å². The smallest absolute Gasteiger partial charge is 0.346 e. The van der Waals surface area contributed by atoms with Crippen LogP contribution in [0.4, 0.5) is 8.78 Å². The Labute approximate surface area is 176 Å². The van der Waals surface area contributed by atoms with E-state index in [0.29, 0.717) is 16.4 Å². The standard InChI is InChI=1S/C21H19ClF2N4O2/c1-12(14-8-16(23)10-17(24)9-14)25-19(29)11-27-21(30)28(18-6-7-18)20(26-27)13-2-4-15(22)5-3-13/h2-5,8-10,12,18H,6-7,11H2,1H3,(H,25,29). The first-order chi connectivity index (χ1) is 14.3. The molecule has 1 aliphatic rings. The van der Waals surface area contributed by atoms with Crippen molar-refractivity contribution in [3.05, 3.63) is 75.2 Å². The highest BCUT2D eigenvalue weighted by atomic mass is 35.5. The SMILES string of the molecule is CC(NC(=O)Cn1nc(-c2ccc(Cl)cc2)n(C2CC2)c1=O)c1cc(F)cc(F)c1. The van der Waals surface area contributed by atoms with Gasteiger partial charge in [0.25, 0.3) is 0 Å². The predicted octanol–water partition coefficient (Wildman–Crippen LogP) is 3.86. The third-order valence-corrected chi connectivity index (χ3v) is 5.19. The average molecular weight is 433 g/mol. The maximum absolute atomic E-state index is 13.4. The maximum atomic E-state index is 13.4. The molecule has 156 valence electrons. The molecule has 2 aromatic carbocycles. The minimum absolute atomic E-state index is 0.0641. The van der Waals surface area contributed by atoms with Gasteiger partial charge in [-0.1, -0.05) is 11.6 Å². The summed E-state index contributed by atoms with van der Waals surface area (Å²) in [5.74, 6) is -1.46. The summed E-state index contributed by atoms with van der Waals surface area (Å²) in [6, 6.07) is 9.46. The highest BCUT2D eigenvalue weighted by molar-refractivity contribution is 6.30. The predicted molar refractivity (Wildman–Crippen MR) is 108 cm³/mol. The summed E-state index contributed by atoms with van der Waals surface area (Å²) in [6.45, 7) is 1.30. The number of benzene rings is 2. The van der Waals surface area contributed by atoms with E-state index in [4.69, 9.17) is 11.6 Å². The molecule has 1 saturated carbocycles. The Kier molecular flexibility index (Phi) is 5.42. The van der Waals surface area contributed by atoms with E-state index in [1.54, 1.807) is 35.8 Å². The molecule has 9 heteroatoms. The molecule has 1 amide bonds. The van der Waals surface area contributed by atoms with E-state index in [9.17, 15) is 18.4 Å². The van der Waals surface area contributed by atoms with E-state index in [-0.39, 0.29) is 18.3 Å². The molecule has 1 aromatic heterocycles. The lowest BCUT2D eigenvalue weighted by atomic mass is 10.1. The molecule has 30 heavy (non-hydrogen) atoms. The molecule has 1 heterocycles. The van der Waals surface area contributed by atoms with Crippen LogP contribution in [0.1, 0.15) is 37.4 Å². The van der Waals surface area contributed by atoms with Gasteiger partial charge in [-0.05, 0) is 61.7 Å². The molecule has 0 radical (unpaired) electrons. The number of rotatable bonds is 6. The molecular weight excluding hydrogens is 414 g/mol. The number of amides is 1. The number of hydrogen-bond donors (Lipinski definition) is 1. The number of hydrogen-bond acceptors (Lipinski definition) is 3. The molecular formula is C21H19ClF2N4O2. The Morgan fingerprint density at radius 1 is 1.20 bits per heavy atom. The third kappa shape index (κ3) is 4.28. The van der Waals surface area contributed by atoms with Crippen LogP contribution in [0.5, 0.6) is 0 Å². The van der Waals surface area contributed by atoms with Crippen molar-refractivity contribution in [1.82, 2.24) is 19.7 Å². The van der Waals surface area contributed by atoms with Gasteiger partial charge in [-0.2, -0.15) is 0 Å². The molecule has 0 aliphatic heterocycles. The average Bonchev–Trinajstić information content (AvgIpc) is 3.46. The summed E-state index contributed by atoms with van der Waals surface area (Å²) in [5.41, 5.74) is 0.645. The number of carbonyl (C=O) groups is 1. The van der Waals surface area contributed by atoms with Crippen molar-refractivity contribution >= 4 is 17.5 Å². The fraction of sp³-hybridized carbons (Fsp3) is 0.286. The van der Waals surface area contributed by atoms with E-state index >= 15 is 0 Å². The molecule has 1 aliphatic carbocycles. The van der Waals surface area contributed by atoms with E-state index in [1.807, 2.05) is 0 Å². The van der Waals surface area contributed by atoms with Crippen LogP contribution >= 0.6 is 11.6 Å². The summed E-state index contributed by atoms with van der Waals surface area (Å²) in [6.07, 6.45) is 1.75. The summed E-state index contributed by atoms with van der Waals surface area (Å²) in [7, 11) is 0. The molecule has 3 aromatic rings. The maximum Gasteiger partial charge on any atom is 0.346 e. The van der Waals surface area contributed by atoms with Crippen molar-refractivity contribution in [3.63, 3.8) is 0 Å². The van der Waals surface area contributed by atoms with E-state index in [1.165, 1.54) is 0 Å². The lowest BCUT2D eigenvalue weighted by Crippen LogP contribution is -2.35. The second kappa shape index (κ2) is 8.02. The van der Waals surface area contributed by atoms with Gasteiger partial charge in [0.1, 0.15) is 18.2 Å². The Bertz CT molecular complexity index is 1130. The van der Waals surface area contributed by atoms with Gasteiger partial charge in [-0.15, -0.1) is 5.10 Å². The van der Waals surface area contributed by atoms with Gasteiger partial charge in [-0.3, -0.25) is 9.36 Å². The second-order valence-electron chi connectivity index (χ2n) is 7.36. The van der Waals surface area contributed by atoms with E-state index in [2.05, 4.69) is 10.4 Å². The van der Waals surface area contributed by atoms with Crippen LogP contribution in [-0.2, 0) is 11.3 Å². The Balaban J connectivity index is 1.55. The van der Waals surface area contributed by atoms with Crippen molar-refractivity contribution in [3.8, 4) is 11.4 Å². The van der Waals surface area contributed by atoms with Crippen molar-refractivity contribution < 1.29 is 13.6 Å². The van der Waals surface area contributed by atoms with Gasteiger partial charge in [-0.25, -0.2) is 18.3 Å². The highest BCUT2D eigenvalue weighted by Gasteiger charge is 2.30. The van der Waals surface area contributed by atoms with Gasteiger partial charge >= 0.3 is 5.69 Å². The topological polar surface area (TPSA) is 68.9 Å². The number of nitrogens with zero attached hydrogens (tertiary/aromatic N) is 3. The quantitative estimate of drug-likeness (QED) is 0.643. The van der Waals surface area contributed by atoms with Crippen molar-refractivity contribution in [1.29, 1.82) is 0 Å². The van der Waals surface area contributed by atoms with Crippen molar-refractivity contribution in [2.75, 3.05) is 0 Å². The number of carbonyl (C=O) groups excluding carboxylic acids is 1. The molecule has 4 rings (SSSR count). The second-order valence-corrected chi connectivity index (χ2v) is 7.80. The van der Waals surface area contributed by atoms with Crippen LogP contribution in [0.2, 0.25) is 5.02 Å². The Morgan fingerprint density at radius 2 is 1.83 bits per heavy atom. The van der Waals surface area contributed by atoms with Crippen molar-refractivity contribution in [2.45, 2.75) is 38.4 Å². The first-order valence-electron chi connectivity index (χ1n) is 9.52. The molecule has 6 nitrogen and oxygen atoms in total. The van der Waals surface area contributed by atoms with Gasteiger partial charge in [0.2, 0.25) is 5.91 Å². The molecule has 0 bridgehead atoms. The minimum Gasteiger partial charge on any atom is -0.348 e. The fourth-order valence-electron chi connectivity index (χ4n) is 3.31. The molecule has 1 unspecified atom stereocenters. The molecule has 1 atom stereocenters. The first kappa shape index (κ1) is 20.3. The van der Waals surface area contributed by atoms with Gasteiger partial charge in [0.05, 0.1) is 6.04 Å². The summed E-state index contributed by atoms with van der Waals surface area (Å²) < 4.78 is 29.5. The molecule has 1 fully saturated rings. The highest BCUT2D eigenvalue weighted by Crippen LogP contribution is 2.36. The normalized spacial score (nSPS) is 14.5. The number of nitrogens with one attached hydrogen (secondary N) is 1. The third-order valence-electron chi connectivity index (χ3n) is 4.94. The summed E-state index contributed by atoms with van der Waals surface area (Å²) in [4.78, 5) is 25.3. The number of aromatic nitrogens is 3. The first-order valence-corrected chi connectivity index (χ1v) is 9.90. The summed E-state index contributed by atoms with van der Waals surface area (Å²) in [5, 5.41) is 7.58. The Morgan fingerprint density at radius 3 is 2.43 bits per heavy atom. The minimum atomic E-state index is -0.724. The zero-order valence-electron chi connectivity index (χ0n) is 16.1. The fourth-order valence-corrected chi connectivity index (χ4v) is 3.44. The van der Waals surface area contributed by atoms with Crippen LogP contribution in [-0.4, -0.2) is 20.3 Å². The van der Waals surface area contributed by atoms with Gasteiger partial charge < -0.3 is 5.32 Å². The van der Waals surface area contributed by atoms with Crippen LogP contribution < -0.4 is 11.0 Å². The Hall–Kier alpha value is -3.00. The van der Waals surface area contributed by atoms with Crippen LogP contribution in [0.25, 0.3) is 11.4 Å².